The molecule has 0 saturated heterocycles. The molecule has 0 spiro atoms. The number of carbonyl (C=O) groups is 2. The molecule has 0 aromatic rings. The highest BCUT2D eigenvalue weighted by Gasteiger charge is 2.51. The molecule has 0 aliphatic rings. The van der Waals surface area contributed by atoms with Crippen molar-refractivity contribution in [2.45, 2.75) is 72.1 Å². The summed E-state index contributed by atoms with van der Waals surface area (Å²) in [6.45, 7) is 7.01. The Bertz CT molecular complexity index is 375. The van der Waals surface area contributed by atoms with Crippen LogP contribution in [-0.4, -0.2) is 29.3 Å². The summed E-state index contributed by atoms with van der Waals surface area (Å²) < 4.78 is 44.6. The maximum absolute atomic E-state index is 13.3. The van der Waals surface area contributed by atoms with Gasteiger partial charge in [-0.05, 0) is 11.8 Å². The molecule has 0 fully saturated rings. The number of carboxylic acids is 1. The lowest BCUT2D eigenvalue weighted by molar-refractivity contribution is -0.245. The molecule has 22 heavy (non-hydrogen) atoms. The van der Waals surface area contributed by atoms with Gasteiger partial charge in [-0.1, -0.05) is 40.5 Å². The Hall–Kier alpha value is -1.27. The summed E-state index contributed by atoms with van der Waals surface area (Å²) in [5, 5.41) is 8.49. The number of carboxylic acid groups (broad SMARTS) is 1. The van der Waals surface area contributed by atoms with Gasteiger partial charge in [0.05, 0.1) is 12.8 Å². The van der Waals surface area contributed by atoms with Crippen molar-refractivity contribution in [3.63, 3.8) is 0 Å². The van der Waals surface area contributed by atoms with Gasteiger partial charge in [-0.2, -0.15) is 13.2 Å². The first-order valence-corrected chi connectivity index (χ1v) is 7.49. The molecule has 2 atom stereocenters. The molecule has 0 saturated carbocycles. The molecule has 4 nitrogen and oxygen atoms in total. The molecule has 7 heteroatoms. The minimum Gasteiger partial charge on any atom is -0.481 e. The van der Waals surface area contributed by atoms with Crippen molar-refractivity contribution in [1.29, 1.82) is 0 Å². The summed E-state index contributed by atoms with van der Waals surface area (Å²) in [5.41, 5.74) is -0.609. The van der Waals surface area contributed by atoms with E-state index in [4.69, 9.17) is 5.11 Å². The molecule has 0 aromatic heterocycles. The Balaban J connectivity index is 5.27. The molecule has 0 radical (unpaired) electrons. The first kappa shape index (κ1) is 20.7. The first-order chi connectivity index (χ1) is 10.0. The van der Waals surface area contributed by atoms with Crippen LogP contribution in [0.2, 0.25) is 0 Å². The molecule has 0 bridgehead atoms. The van der Waals surface area contributed by atoms with E-state index in [9.17, 15) is 22.8 Å². The van der Waals surface area contributed by atoms with Crippen molar-refractivity contribution in [3.05, 3.63) is 0 Å². The molecule has 0 heterocycles. The smallest absolute Gasteiger partial charge is 0.425 e. The maximum Gasteiger partial charge on any atom is 0.425 e. The quantitative estimate of drug-likeness (QED) is 0.646. The van der Waals surface area contributed by atoms with Crippen LogP contribution < -0.4 is 0 Å². The van der Waals surface area contributed by atoms with E-state index in [1.54, 1.807) is 13.8 Å². The number of esters is 1. The van der Waals surface area contributed by atoms with Crippen LogP contribution in [0.3, 0.4) is 0 Å². The third kappa shape index (κ3) is 5.85. The lowest BCUT2D eigenvalue weighted by atomic mass is 9.69. The molecule has 2 unspecified atom stereocenters. The predicted molar refractivity (Wildman–Crippen MR) is 75.3 cm³/mol. The number of ether oxygens (including phenoxy) is 1. The zero-order chi connectivity index (χ0) is 17.6. The van der Waals surface area contributed by atoms with Crippen LogP contribution in [0.4, 0.5) is 13.2 Å². The highest BCUT2D eigenvalue weighted by Crippen LogP contribution is 2.44. The van der Waals surface area contributed by atoms with Crippen LogP contribution in [0.25, 0.3) is 0 Å². The third-order valence-corrected chi connectivity index (χ3v) is 4.44. The second-order valence-corrected chi connectivity index (χ2v) is 5.72. The van der Waals surface area contributed by atoms with Crippen molar-refractivity contribution in [3.8, 4) is 0 Å². The highest BCUT2D eigenvalue weighted by molar-refractivity contribution is 5.76. The largest absolute Gasteiger partial charge is 0.481 e. The molecule has 0 amide bonds. The predicted octanol–water partition coefficient (Wildman–Crippen LogP) is 4.18. The van der Waals surface area contributed by atoms with E-state index < -0.39 is 48.4 Å². The first-order valence-electron chi connectivity index (χ1n) is 7.49. The van der Waals surface area contributed by atoms with Gasteiger partial charge in [0, 0.05) is 5.92 Å². The van der Waals surface area contributed by atoms with Crippen molar-refractivity contribution in [1.82, 2.24) is 0 Å². The van der Waals surface area contributed by atoms with Gasteiger partial charge in [-0.15, -0.1) is 0 Å². The van der Waals surface area contributed by atoms with Crippen LogP contribution in [-0.2, 0) is 14.3 Å². The lowest BCUT2D eigenvalue weighted by Crippen LogP contribution is -2.46. The van der Waals surface area contributed by atoms with Crippen molar-refractivity contribution >= 4 is 11.9 Å². The number of aliphatic carboxylic acids is 1. The van der Waals surface area contributed by atoms with E-state index in [0.29, 0.717) is 12.8 Å². The lowest BCUT2D eigenvalue weighted by Gasteiger charge is -2.40. The SMILES string of the molecule is CCC(C(OC(=O)CCC(=O)O)C(F)(F)F)C(C)(CC)CC. The molecular formula is C15H25F3O4. The van der Waals surface area contributed by atoms with E-state index >= 15 is 0 Å². The van der Waals surface area contributed by atoms with E-state index in [1.165, 1.54) is 0 Å². The summed E-state index contributed by atoms with van der Waals surface area (Å²) in [6, 6.07) is 0. The second kappa shape index (κ2) is 8.39. The van der Waals surface area contributed by atoms with Gasteiger partial charge in [0.2, 0.25) is 6.10 Å². The molecule has 1 N–H and O–H groups in total. The number of hydrogen-bond donors (Lipinski definition) is 1. The molecule has 0 aliphatic heterocycles. The fraction of sp³-hybridized carbons (Fsp3) is 0.867. The van der Waals surface area contributed by atoms with E-state index in [2.05, 4.69) is 4.74 Å². The van der Waals surface area contributed by atoms with Crippen LogP contribution in [0, 0.1) is 11.3 Å². The number of carbonyl (C=O) groups excluding carboxylic acids is 1. The Labute approximate surface area is 129 Å². The second-order valence-electron chi connectivity index (χ2n) is 5.72. The molecule has 0 rings (SSSR count). The summed E-state index contributed by atoms with van der Waals surface area (Å²) in [7, 11) is 0. The van der Waals surface area contributed by atoms with Crippen LogP contribution in [0.1, 0.15) is 59.8 Å². The van der Waals surface area contributed by atoms with Crippen LogP contribution in [0.15, 0.2) is 0 Å². The fourth-order valence-corrected chi connectivity index (χ4v) is 2.63. The van der Waals surface area contributed by atoms with Gasteiger partial charge < -0.3 is 9.84 Å². The monoisotopic (exact) mass is 326 g/mol. The highest BCUT2D eigenvalue weighted by atomic mass is 19.4. The van der Waals surface area contributed by atoms with Crippen molar-refractivity contribution in [2.75, 3.05) is 0 Å². The topological polar surface area (TPSA) is 63.6 Å². The Morgan fingerprint density at radius 2 is 1.59 bits per heavy atom. The average molecular weight is 326 g/mol. The average Bonchev–Trinajstić information content (AvgIpc) is 2.43. The summed E-state index contributed by atoms with van der Waals surface area (Å²) in [5.74, 6) is -3.24. The van der Waals surface area contributed by atoms with Gasteiger partial charge in [0.1, 0.15) is 0 Å². The zero-order valence-corrected chi connectivity index (χ0v) is 13.5. The van der Waals surface area contributed by atoms with Crippen molar-refractivity contribution in [2.24, 2.45) is 11.3 Å². The third-order valence-electron chi connectivity index (χ3n) is 4.44. The van der Waals surface area contributed by atoms with Gasteiger partial charge in [0.15, 0.2) is 0 Å². The van der Waals surface area contributed by atoms with Gasteiger partial charge >= 0.3 is 18.1 Å². The zero-order valence-electron chi connectivity index (χ0n) is 13.5. The van der Waals surface area contributed by atoms with E-state index in [0.717, 1.165) is 0 Å². The summed E-state index contributed by atoms with van der Waals surface area (Å²) >= 11 is 0. The maximum atomic E-state index is 13.3. The van der Waals surface area contributed by atoms with Crippen LogP contribution >= 0.6 is 0 Å². The summed E-state index contributed by atoms with van der Waals surface area (Å²) in [6.07, 6.45) is -6.71. The van der Waals surface area contributed by atoms with Gasteiger partial charge in [-0.3, -0.25) is 9.59 Å². The van der Waals surface area contributed by atoms with Gasteiger partial charge in [0.25, 0.3) is 0 Å². The Kier molecular flexibility index (Phi) is 7.90. The fourth-order valence-electron chi connectivity index (χ4n) is 2.63. The van der Waals surface area contributed by atoms with E-state index in [1.807, 2.05) is 13.8 Å². The number of rotatable bonds is 9. The van der Waals surface area contributed by atoms with Crippen molar-refractivity contribution < 1.29 is 32.6 Å². The molecule has 130 valence electrons. The Morgan fingerprint density at radius 3 is 1.91 bits per heavy atom. The molecular weight excluding hydrogens is 301 g/mol. The number of alkyl halides is 3. The minimum absolute atomic E-state index is 0.217. The normalized spacial score (nSPS) is 15.2. The van der Waals surface area contributed by atoms with Gasteiger partial charge in [-0.25, -0.2) is 0 Å². The summed E-state index contributed by atoms with van der Waals surface area (Å²) in [4.78, 5) is 21.9. The molecule has 0 aliphatic carbocycles. The molecule has 0 aromatic carbocycles. The Morgan fingerprint density at radius 1 is 1.09 bits per heavy atom. The number of hydrogen-bond acceptors (Lipinski definition) is 3. The van der Waals surface area contributed by atoms with Crippen LogP contribution in [0.5, 0.6) is 0 Å². The number of halogens is 3. The standard InChI is InChI=1S/C15H25F3O4/c1-5-10(14(4,6-2)7-3)13(15(16,17)18)22-12(21)9-8-11(19)20/h10,13H,5-9H2,1-4H3,(H,19,20). The van der Waals surface area contributed by atoms with E-state index in [-0.39, 0.29) is 6.42 Å². The minimum atomic E-state index is -4.68.